The maximum absolute atomic E-state index is 11.2. The third-order valence-electron chi connectivity index (χ3n) is 3.10. The Kier molecular flexibility index (Phi) is 4.38. The summed E-state index contributed by atoms with van der Waals surface area (Å²) in [6.07, 6.45) is 11.0. The summed E-state index contributed by atoms with van der Waals surface area (Å²) >= 11 is 0. The topological polar surface area (TPSA) is 44.8 Å². The normalized spacial score (nSPS) is 19.4. The predicted molar refractivity (Wildman–Crippen MR) is 65.1 cm³/mol. The zero-order chi connectivity index (χ0) is 12.1. The van der Waals surface area contributed by atoms with Gasteiger partial charge in [0.05, 0.1) is 0 Å². The summed E-state index contributed by atoms with van der Waals surface area (Å²) in [5.41, 5.74) is 0. The van der Waals surface area contributed by atoms with Gasteiger partial charge in [-0.25, -0.2) is 0 Å². The second kappa shape index (κ2) is 5.81. The van der Waals surface area contributed by atoms with Crippen molar-refractivity contribution in [3.63, 3.8) is 0 Å². The molecular weight excluding hydrogens is 239 g/mol. The Balaban J connectivity index is 1.45. The van der Waals surface area contributed by atoms with E-state index in [4.69, 9.17) is 13.6 Å². The summed E-state index contributed by atoms with van der Waals surface area (Å²) in [4.78, 5) is 0. The number of phosphoric acid groups is 1. The fraction of sp³-hybridized carbons (Fsp3) is 0.833. The van der Waals surface area contributed by atoms with Crippen molar-refractivity contribution in [1.82, 2.24) is 0 Å². The third kappa shape index (κ3) is 3.41. The lowest BCUT2D eigenvalue weighted by molar-refractivity contribution is 0.0985. The van der Waals surface area contributed by atoms with Gasteiger partial charge in [0.1, 0.15) is 0 Å². The maximum Gasteiger partial charge on any atom is 0.651 e. The largest absolute Gasteiger partial charge is 0.651 e. The number of unbranched alkanes of at least 4 members (excludes halogenated alkanes) is 7. The van der Waals surface area contributed by atoms with Gasteiger partial charge in [0, 0.05) is 6.42 Å². The molecule has 0 aromatic carbocycles. The number of hydrogen-bond acceptors (Lipinski definition) is 4. The van der Waals surface area contributed by atoms with E-state index in [-0.39, 0.29) is 0 Å². The zero-order valence-corrected chi connectivity index (χ0v) is 11.3. The number of phosphoric ester groups is 1. The minimum atomic E-state index is -3.10. The first kappa shape index (κ1) is 12.8. The van der Waals surface area contributed by atoms with Crippen LogP contribution in [0.25, 0.3) is 0 Å². The van der Waals surface area contributed by atoms with Gasteiger partial charge < -0.3 is 13.6 Å². The molecule has 3 rings (SSSR count). The summed E-state index contributed by atoms with van der Waals surface area (Å²) in [6.45, 7) is 2.23. The van der Waals surface area contributed by atoms with Crippen LogP contribution >= 0.6 is 7.82 Å². The van der Waals surface area contributed by atoms with E-state index in [2.05, 4.69) is 6.92 Å². The lowest BCUT2D eigenvalue weighted by atomic mass is 10.1. The molecule has 0 aromatic heterocycles. The van der Waals surface area contributed by atoms with E-state index in [1.165, 1.54) is 44.9 Å². The van der Waals surface area contributed by atoms with E-state index in [1.807, 2.05) is 0 Å². The fourth-order valence-electron chi connectivity index (χ4n) is 2.09. The first-order chi connectivity index (χ1) is 8.23. The van der Waals surface area contributed by atoms with Crippen LogP contribution in [0.4, 0.5) is 0 Å². The highest BCUT2D eigenvalue weighted by molar-refractivity contribution is 7.50. The molecule has 5 heteroatoms. The van der Waals surface area contributed by atoms with Crippen molar-refractivity contribution in [2.75, 3.05) is 0 Å². The molecule has 0 N–H and O–H groups in total. The number of hydrogen-bond donors (Lipinski definition) is 0. The molecule has 0 atom stereocenters. The Morgan fingerprint density at radius 3 is 2.00 bits per heavy atom. The quantitative estimate of drug-likeness (QED) is 0.438. The molecule has 2 bridgehead atoms. The lowest BCUT2D eigenvalue weighted by Gasteiger charge is -2.15. The van der Waals surface area contributed by atoms with Gasteiger partial charge in [0.15, 0.2) is 5.76 Å². The van der Waals surface area contributed by atoms with Crippen LogP contribution in [0.3, 0.4) is 0 Å². The van der Waals surface area contributed by atoms with Gasteiger partial charge in [-0.05, 0) is 6.42 Å². The highest BCUT2D eigenvalue weighted by Crippen LogP contribution is 2.70. The zero-order valence-electron chi connectivity index (χ0n) is 10.4. The van der Waals surface area contributed by atoms with E-state index in [9.17, 15) is 4.57 Å². The molecule has 17 heavy (non-hydrogen) atoms. The third-order valence-corrected chi connectivity index (χ3v) is 4.32. The van der Waals surface area contributed by atoms with Crippen LogP contribution in [0.1, 0.15) is 64.7 Å². The van der Waals surface area contributed by atoms with E-state index < -0.39 is 7.82 Å². The van der Waals surface area contributed by atoms with Crippen molar-refractivity contribution in [2.24, 2.45) is 0 Å². The SMILES string of the molecule is CCCCCCCCCCC1=C2OP(=O)(O1)O2. The second-order valence-electron chi connectivity index (χ2n) is 4.66. The maximum atomic E-state index is 11.2. The summed E-state index contributed by atoms with van der Waals surface area (Å²) < 4.78 is 26.0. The molecule has 3 aliphatic heterocycles. The Morgan fingerprint density at radius 2 is 1.47 bits per heavy atom. The van der Waals surface area contributed by atoms with Crippen molar-refractivity contribution >= 4 is 7.82 Å². The van der Waals surface area contributed by atoms with Crippen LogP contribution in [0.2, 0.25) is 0 Å². The number of fused-ring (bicyclic) bond motifs is 1. The van der Waals surface area contributed by atoms with Crippen molar-refractivity contribution in [3.8, 4) is 0 Å². The first-order valence-corrected chi connectivity index (χ1v) is 8.11. The number of rotatable bonds is 9. The Bertz CT molecular complexity index is 325. The van der Waals surface area contributed by atoms with E-state index in [1.54, 1.807) is 0 Å². The van der Waals surface area contributed by atoms with Gasteiger partial charge in [0.25, 0.3) is 0 Å². The molecule has 4 nitrogen and oxygen atoms in total. The van der Waals surface area contributed by atoms with Gasteiger partial charge in [-0.15, -0.1) is 0 Å². The van der Waals surface area contributed by atoms with Crippen LogP contribution < -0.4 is 0 Å². The van der Waals surface area contributed by atoms with Crippen LogP contribution in [0.15, 0.2) is 11.7 Å². The molecule has 0 spiro atoms. The number of allylic oxidation sites excluding steroid dienone is 1. The standard InChI is InChI=1S/C12H21O4P/c1-2-3-4-5-6-7-8-9-10-11-12-15-17(13,14-11)16-12/h2-10H2,1H3. The molecule has 3 aliphatic rings. The highest BCUT2D eigenvalue weighted by atomic mass is 31.2. The molecule has 1 saturated heterocycles. The van der Waals surface area contributed by atoms with E-state index in [0.29, 0.717) is 11.7 Å². The van der Waals surface area contributed by atoms with Crippen molar-refractivity contribution < 1.29 is 18.1 Å². The van der Waals surface area contributed by atoms with Gasteiger partial charge in [0.2, 0.25) is 0 Å². The monoisotopic (exact) mass is 260 g/mol. The van der Waals surface area contributed by atoms with Gasteiger partial charge >= 0.3 is 13.8 Å². The van der Waals surface area contributed by atoms with Gasteiger partial charge in [-0.1, -0.05) is 51.9 Å². The lowest BCUT2D eigenvalue weighted by Crippen LogP contribution is -1.99. The summed E-state index contributed by atoms with van der Waals surface area (Å²) in [5, 5.41) is 0. The van der Waals surface area contributed by atoms with E-state index in [0.717, 1.165) is 12.8 Å². The average molecular weight is 260 g/mol. The summed E-state index contributed by atoms with van der Waals surface area (Å²) in [7, 11) is -3.10. The minimum absolute atomic E-state index is 0.358. The molecule has 0 saturated carbocycles. The van der Waals surface area contributed by atoms with Crippen LogP contribution in [-0.2, 0) is 18.1 Å². The second-order valence-corrected chi connectivity index (χ2v) is 6.10. The van der Waals surface area contributed by atoms with E-state index >= 15 is 0 Å². The summed E-state index contributed by atoms with van der Waals surface area (Å²) in [5.74, 6) is 1.01. The van der Waals surface area contributed by atoms with Crippen LogP contribution in [0.5, 0.6) is 0 Å². The molecule has 1 fully saturated rings. The first-order valence-electron chi connectivity index (χ1n) is 6.65. The Hall–Kier alpha value is -0.630. The van der Waals surface area contributed by atoms with Crippen molar-refractivity contribution in [1.29, 1.82) is 0 Å². The molecule has 0 aliphatic carbocycles. The fourth-order valence-corrected chi connectivity index (χ4v) is 3.22. The molecule has 0 unspecified atom stereocenters. The Labute approximate surface area is 103 Å². The van der Waals surface area contributed by atoms with Crippen LogP contribution in [-0.4, -0.2) is 0 Å². The molecule has 0 radical (unpaired) electrons. The average Bonchev–Trinajstić information content (AvgIpc) is 2.74. The smallest absolute Gasteiger partial charge is 0.383 e. The minimum Gasteiger partial charge on any atom is -0.383 e. The Morgan fingerprint density at radius 1 is 0.882 bits per heavy atom. The molecule has 0 amide bonds. The van der Waals surface area contributed by atoms with Crippen molar-refractivity contribution in [3.05, 3.63) is 11.7 Å². The van der Waals surface area contributed by atoms with Crippen molar-refractivity contribution in [2.45, 2.75) is 64.7 Å². The van der Waals surface area contributed by atoms with Gasteiger partial charge in [-0.3, -0.25) is 0 Å². The summed E-state index contributed by atoms with van der Waals surface area (Å²) in [6, 6.07) is 0. The molecule has 0 aromatic rings. The van der Waals surface area contributed by atoms with Crippen LogP contribution in [0, 0.1) is 0 Å². The predicted octanol–water partition coefficient (Wildman–Crippen LogP) is 4.87. The molecule has 98 valence electrons. The highest BCUT2D eigenvalue weighted by Gasteiger charge is 2.55. The molecule has 3 heterocycles. The molecular formula is C12H21O4P. The van der Waals surface area contributed by atoms with Gasteiger partial charge in [-0.2, -0.15) is 4.57 Å².